The Labute approximate surface area is 117 Å². The minimum absolute atomic E-state index is 0.0222. The van der Waals surface area contributed by atoms with E-state index in [1.807, 2.05) is 0 Å². The number of halogens is 2. The third-order valence-electron chi connectivity index (χ3n) is 2.98. The van der Waals surface area contributed by atoms with Gasteiger partial charge in [0, 0.05) is 11.6 Å². The molecule has 0 amide bonds. The van der Waals surface area contributed by atoms with Crippen LogP contribution in [0.1, 0.15) is 19.3 Å². The van der Waals surface area contributed by atoms with Crippen LogP contribution < -0.4 is 5.73 Å². The van der Waals surface area contributed by atoms with Gasteiger partial charge >= 0.3 is 0 Å². The Morgan fingerprint density at radius 1 is 1.28 bits per heavy atom. The summed E-state index contributed by atoms with van der Waals surface area (Å²) in [5.41, 5.74) is 5.86. The molecule has 100 valence electrons. The van der Waals surface area contributed by atoms with Crippen molar-refractivity contribution in [3.05, 3.63) is 28.2 Å². The van der Waals surface area contributed by atoms with Crippen LogP contribution in [0, 0.1) is 0 Å². The molecule has 4 nitrogen and oxygen atoms in total. The van der Waals surface area contributed by atoms with Crippen LogP contribution in [0.5, 0.6) is 0 Å². The SMILES string of the molecule is NC1CCCCN1S(=O)(=O)c1cc(Cl)ccc1Cl. The Hall–Kier alpha value is -0.330. The highest BCUT2D eigenvalue weighted by Crippen LogP contribution is 2.30. The van der Waals surface area contributed by atoms with Crippen molar-refractivity contribution in [2.45, 2.75) is 30.3 Å². The fourth-order valence-electron chi connectivity index (χ4n) is 2.03. The van der Waals surface area contributed by atoms with Crippen molar-refractivity contribution >= 4 is 33.2 Å². The lowest BCUT2D eigenvalue weighted by molar-refractivity contribution is 0.258. The quantitative estimate of drug-likeness (QED) is 0.912. The van der Waals surface area contributed by atoms with Gasteiger partial charge in [0.25, 0.3) is 0 Å². The molecule has 1 aromatic rings. The Morgan fingerprint density at radius 3 is 2.67 bits per heavy atom. The van der Waals surface area contributed by atoms with Gasteiger partial charge in [-0.1, -0.05) is 23.2 Å². The molecule has 1 heterocycles. The zero-order chi connectivity index (χ0) is 13.3. The molecule has 0 saturated carbocycles. The summed E-state index contributed by atoms with van der Waals surface area (Å²) in [6, 6.07) is 4.39. The number of piperidine rings is 1. The van der Waals surface area contributed by atoms with E-state index >= 15 is 0 Å². The molecule has 0 radical (unpaired) electrons. The summed E-state index contributed by atoms with van der Waals surface area (Å²) in [6.07, 6.45) is 1.93. The maximum absolute atomic E-state index is 12.5. The van der Waals surface area contributed by atoms with Crippen LogP contribution in [0.4, 0.5) is 0 Å². The van der Waals surface area contributed by atoms with Crippen molar-refractivity contribution in [2.75, 3.05) is 6.54 Å². The van der Waals surface area contributed by atoms with Crippen molar-refractivity contribution in [3.8, 4) is 0 Å². The van der Waals surface area contributed by atoms with Crippen LogP contribution in [0.2, 0.25) is 10.0 Å². The third-order valence-corrected chi connectivity index (χ3v) is 5.62. The Morgan fingerprint density at radius 2 is 2.00 bits per heavy atom. The van der Waals surface area contributed by atoms with Crippen LogP contribution in [-0.4, -0.2) is 25.4 Å². The van der Waals surface area contributed by atoms with E-state index in [0.717, 1.165) is 12.8 Å². The summed E-state index contributed by atoms with van der Waals surface area (Å²) in [6.45, 7) is 0.423. The largest absolute Gasteiger partial charge is 0.315 e. The average molecular weight is 309 g/mol. The van der Waals surface area contributed by atoms with Gasteiger partial charge in [-0.05, 0) is 37.5 Å². The number of hydrogen-bond donors (Lipinski definition) is 1. The van der Waals surface area contributed by atoms with Crippen LogP contribution in [0.3, 0.4) is 0 Å². The van der Waals surface area contributed by atoms with E-state index in [0.29, 0.717) is 18.0 Å². The van der Waals surface area contributed by atoms with E-state index in [4.69, 9.17) is 28.9 Å². The van der Waals surface area contributed by atoms with Crippen molar-refractivity contribution in [1.82, 2.24) is 4.31 Å². The second kappa shape index (κ2) is 5.35. The minimum atomic E-state index is -3.67. The van der Waals surface area contributed by atoms with Gasteiger partial charge in [-0.15, -0.1) is 0 Å². The van der Waals surface area contributed by atoms with Crippen LogP contribution in [0.15, 0.2) is 23.1 Å². The number of rotatable bonds is 2. The van der Waals surface area contributed by atoms with Crippen LogP contribution in [0.25, 0.3) is 0 Å². The summed E-state index contributed by atoms with van der Waals surface area (Å²) >= 11 is 11.8. The molecule has 1 aliphatic rings. The van der Waals surface area contributed by atoms with E-state index in [9.17, 15) is 8.42 Å². The minimum Gasteiger partial charge on any atom is -0.315 e. The summed E-state index contributed by atoms with van der Waals surface area (Å²) in [7, 11) is -3.67. The second-order valence-electron chi connectivity index (χ2n) is 4.25. The third kappa shape index (κ3) is 2.65. The maximum atomic E-state index is 12.5. The van der Waals surface area contributed by atoms with Gasteiger partial charge in [0.15, 0.2) is 0 Å². The zero-order valence-corrected chi connectivity index (χ0v) is 12.0. The molecule has 1 fully saturated rings. The standard InChI is InChI=1S/C11H14Cl2N2O2S/c12-8-4-5-9(13)10(7-8)18(16,17)15-6-2-1-3-11(15)14/h4-5,7,11H,1-3,6,14H2. The molecule has 0 spiro atoms. The highest BCUT2D eigenvalue weighted by atomic mass is 35.5. The zero-order valence-electron chi connectivity index (χ0n) is 9.64. The van der Waals surface area contributed by atoms with Gasteiger partial charge in [-0.3, -0.25) is 0 Å². The number of nitrogens with two attached hydrogens (primary N) is 1. The fraction of sp³-hybridized carbons (Fsp3) is 0.455. The van der Waals surface area contributed by atoms with E-state index in [2.05, 4.69) is 0 Å². The monoisotopic (exact) mass is 308 g/mol. The number of nitrogens with zero attached hydrogens (tertiary/aromatic N) is 1. The normalized spacial score (nSPS) is 22.1. The molecule has 1 aliphatic heterocycles. The molecule has 0 bridgehead atoms. The summed E-state index contributed by atoms with van der Waals surface area (Å²) in [4.78, 5) is 0.0222. The highest BCUT2D eigenvalue weighted by molar-refractivity contribution is 7.89. The summed E-state index contributed by atoms with van der Waals surface area (Å²) < 4.78 is 26.2. The highest BCUT2D eigenvalue weighted by Gasteiger charge is 2.32. The molecule has 1 aromatic carbocycles. The molecular weight excluding hydrogens is 295 g/mol. The smallest absolute Gasteiger partial charge is 0.245 e. The second-order valence-corrected chi connectivity index (χ2v) is 6.96. The van der Waals surface area contributed by atoms with Gasteiger partial charge in [-0.25, -0.2) is 8.42 Å². The lowest BCUT2D eigenvalue weighted by atomic mass is 10.1. The molecule has 7 heteroatoms. The number of hydrogen-bond acceptors (Lipinski definition) is 3. The van der Waals surface area contributed by atoms with Crippen molar-refractivity contribution in [1.29, 1.82) is 0 Å². The van der Waals surface area contributed by atoms with Crippen LogP contribution >= 0.6 is 23.2 Å². The van der Waals surface area contributed by atoms with Crippen LogP contribution in [-0.2, 0) is 10.0 Å². The molecular formula is C11H14Cl2N2O2S. The molecule has 2 rings (SSSR count). The first-order chi connectivity index (χ1) is 8.43. The van der Waals surface area contributed by atoms with Crippen molar-refractivity contribution in [3.63, 3.8) is 0 Å². The molecule has 0 aromatic heterocycles. The molecule has 1 saturated heterocycles. The summed E-state index contributed by atoms with van der Waals surface area (Å²) in [5, 5.41) is 0.501. The maximum Gasteiger partial charge on any atom is 0.245 e. The Bertz CT molecular complexity index is 548. The Balaban J connectivity index is 2.44. The van der Waals surface area contributed by atoms with Crippen molar-refractivity contribution < 1.29 is 8.42 Å². The molecule has 18 heavy (non-hydrogen) atoms. The van der Waals surface area contributed by atoms with Gasteiger partial charge in [0.1, 0.15) is 4.90 Å². The summed E-state index contributed by atoms with van der Waals surface area (Å²) in [5.74, 6) is 0. The molecule has 0 aliphatic carbocycles. The lowest BCUT2D eigenvalue weighted by Crippen LogP contribution is -2.48. The van der Waals surface area contributed by atoms with Gasteiger partial charge in [0.2, 0.25) is 10.0 Å². The first-order valence-electron chi connectivity index (χ1n) is 5.65. The van der Waals surface area contributed by atoms with E-state index < -0.39 is 16.2 Å². The predicted molar refractivity (Wildman–Crippen MR) is 72.2 cm³/mol. The average Bonchev–Trinajstić information content (AvgIpc) is 2.32. The number of benzene rings is 1. The first-order valence-corrected chi connectivity index (χ1v) is 7.85. The topological polar surface area (TPSA) is 63.4 Å². The molecule has 1 unspecified atom stereocenters. The van der Waals surface area contributed by atoms with Gasteiger partial charge < -0.3 is 5.73 Å². The van der Waals surface area contributed by atoms with E-state index in [1.165, 1.54) is 16.4 Å². The lowest BCUT2D eigenvalue weighted by Gasteiger charge is -2.32. The molecule has 1 atom stereocenters. The van der Waals surface area contributed by atoms with E-state index in [-0.39, 0.29) is 9.92 Å². The van der Waals surface area contributed by atoms with E-state index in [1.54, 1.807) is 6.07 Å². The fourth-order valence-corrected chi connectivity index (χ4v) is 4.35. The first kappa shape index (κ1) is 14.1. The molecule has 2 N–H and O–H groups in total. The predicted octanol–water partition coefficient (Wildman–Crippen LogP) is 2.45. The number of sulfonamides is 1. The van der Waals surface area contributed by atoms with Gasteiger partial charge in [-0.2, -0.15) is 4.31 Å². The Kier molecular flexibility index (Phi) is 4.18. The van der Waals surface area contributed by atoms with Gasteiger partial charge in [0.05, 0.1) is 11.2 Å². The van der Waals surface area contributed by atoms with Crippen molar-refractivity contribution in [2.24, 2.45) is 5.73 Å².